The molecule has 1 aromatic heterocycles. The fraction of sp³-hybridized carbons (Fsp3) is 0.636. The summed E-state index contributed by atoms with van der Waals surface area (Å²) in [4.78, 5) is 8.80. The minimum Gasteiger partial charge on any atom is -0.319 e. The van der Waals surface area contributed by atoms with Crippen LogP contribution in [0.2, 0.25) is 0 Å². The highest BCUT2D eigenvalue weighted by Gasteiger charge is 2.04. The van der Waals surface area contributed by atoms with Crippen molar-refractivity contribution in [1.29, 1.82) is 0 Å². The summed E-state index contributed by atoms with van der Waals surface area (Å²) >= 11 is 1.73. The van der Waals surface area contributed by atoms with Crippen LogP contribution < -0.4 is 5.32 Å². The van der Waals surface area contributed by atoms with E-state index in [2.05, 4.69) is 22.2 Å². The molecule has 0 aliphatic rings. The molecule has 1 heterocycles. The molecule has 1 N–H and O–H groups in total. The van der Waals surface area contributed by atoms with E-state index in [1.54, 1.807) is 11.8 Å². The summed E-state index contributed by atoms with van der Waals surface area (Å²) in [6.45, 7) is 7.29. The van der Waals surface area contributed by atoms with Gasteiger partial charge in [-0.1, -0.05) is 18.7 Å². The van der Waals surface area contributed by atoms with Gasteiger partial charge in [0, 0.05) is 17.1 Å². The first-order chi connectivity index (χ1) is 7.11. The summed E-state index contributed by atoms with van der Waals surface area (Å²) in [7, 11) is 1.98. The molecular formula is C11H19N3S. The van der Waals surface area contributed by atoms with Gasteiger partial charge in [-0.25, -0.2) is 9.97 Å². The molecule has 1 rings (SSSR count). The average Bonchev–Trinajstić information content (AvgIpc) is 2.14. The van der Waals surface area contributed by atoms with Crippen molar-refractivity contribution in [2.24, 2.45) is 5.92 Å². The van der Waals surface area contributed by atoms with Gasteiger partial charge in [0.2, 0.25) is 0 Å². The van der Waals surface area contributed by atoms with Crippen LogP contribution >= 0.6 is 11.8 Å². The Labute approximate surface area is 96.1 Å². The van der Waals surface area contributed by atoms with Crippen molar-refractivity contribution in [2.45, 2.75) is 25.9 Å². The Kier molecular flexibility index (Phi) is 5.05. The molecule has 1 unspecified atom stereocenters. The zero-order valence-corrected chi connectivity index (χ0v) is 10.7. The normalized spacial score (nSPS) is 12.8. The van der Waals surface area contributed by atoms with E-state index in [-0.39, 0.29) is 0 Å². The summed E-state index contributed by atoms with van der Waals surface area (Å²) in [6, 6.07) is 2.00. The predicted molar refractivity (Wildman–Crippen MR) is 65.3 cm³/mol. The van der Waals surface area contributed by atoms with E-state index >= 15 is 0 Å². The molecular weight excluding hydrogens is 206 g/mol. The summed E-state index contributed by atoms with van der Waals surface area (Å²) in [5.41, 5.74) is 2.09. The van der Waals surface area contributed by atoms with Crippen LogP contribution in [0, 0.1) is 19.8 Å². The van der Waals surface area contributed by atoms with E-state index < -0.39 is 0 Å². The largest absolute Gasteiger partial charge is 0.319 e. The van der Waals surface area contributed by atoms with E-state index in [1.807, 2.05) is 27.0 Å². The molecule has 0 spiro atoms. The molecule has 1 aromatic rings. The Balaban J connectivity index is 2.50. The highest BCUT2D eigenvalue weighted by Crippen LogP contribution is 2.17. The van der Waals surface area contributed by atoms with Gasteiger partial charge in [0.25, 0.3) is 0 Å². The Bertz CT molecular complexity index is 294. The fourth-order valence-corrected chi connectivity index (χ4v) is 2.35. The van der Waals surface area contributed by atoms with E-state index in [0.29, 0.717) is 5.92 Å². The van der Waals surface area contributed by atoms with Crippen molar-refractivity contribution in [1.82, 2.24) is 15.3 Å². The highest BCUT2D eigenvalue weighted by molar-refractivity contribution is 7.99. The molecule has 3 nitrogen and oxygen atoms in total. The molecule has 15 heavy (non-hydrogen) atoms. The Morgan fingerprint density at radius 2 is 1.93 bits per heavy atom. The molecule has 0 radical (unpaired) electrons. The van der Waals surface area contributed by atoms with E-state index in [1.165, 1.54) is 0 Å². The maximum atomic E-state index is 4.40. The third kappa shape index (κ3) is 4.62. The Morgan fingerprint density at radius 3 is 2.47 bits per heavy atom. The van der Waals surface area contributed by atoms with E-state index in [9.17, 15) is 0 Å². The molecule has 4 heteroatoms. The van der Waals surface area contributed by atoms with Crippen LogP contribution in [0.1, 0.15) is 18.3 Å². The molecule has 84 valence electrons. The van der Waals surface area contributed by atoms with Crippen molar-refractivity contribution in [3.8, 4) is 0 Å². The van der Waals surface area contributed by atoms with Crippen molar-refractivity contribution < 1.29 is 0 Å². The summed E-state index contributed by atoms with van der Waals surface area (Å²) < 4.78 is 0. The second-order valence-electron chi connectivity index (χ2n) is 3.91. The zero-order valence-electron chi connectivity index (χ0n) is 9.87. The minimum absolute atomic E-state index is 0.643. The van der Waals surface area contributed by atoms with Gasteiger partial charge in [0.1, 0.15) is 0 Å². The maximum absolute atomic E-state index is 4.40. The van der Waals surface area contributed by atoms with Crippen LogP contribution in [-0.2, 0) is 0 Å². The van der Waals surface area contributed by atoms with Crippen molar-refractivity contribution in [2.75, 3.05) is 19.3 Å². The van der Waals surface area contributed by atoms with Gasteiger partial charge in [-0.05, 0) is 39.4 Å². The van der Waals surface area contributed by atoms with Crippen molar-refractivity contribution in [3.63, 3.8) is 0 Å². The molecule has 1 atom stereocenters. The van der Waals surface area contributed by atoms with Crippen LogP contribution in [0.3, 0.4) is 0 Å². The summed E-state index contributed by atoms with van der Waals surface area (Å²) in [6.07, 6.45) is 0. The highest BCUT2D eigenvalue weighted by atomic mass is 32.2. The maximum Gasteiger partial charge on any atom is 0.187 e. The number of nitrogens with zero attached hydrogens (tertiary/aromatic N) is 2. The van der Waals surface area contributed by atoms with Gasteiger partial charge in [-0.3, -0.25) is 0 Å². The van der Waals surface area contributed by atoms with Crippen LogP contribution in [0.25, 0.3) is 0 Å². The smallest absolute Gasteiger partial charge is 0.187 e. The Morgan fingerprint density at radius 1 is 1.33 bits per heavy atom. The third-order valence-electron chi connectivity index (χ3n) is 2.01. The molecule has 0 aliphatic carbocycles. The first-order valence-corrected chi connectivity index (χ1v) is 6.20. The summed E-state index contributed by atoms with van der Waals surface area (Å²) in [5.74, 6) is 1.70. The molecule has 0 aliphatic heterocycles. The van der Waals surface area contributed by atoms with Crippen LogP contribution in [0.5, 0.6) is 0 Å². The summed E-state index contributed by atoms with van der Waals surface area (Å²) in [5, 5.41) is 4.07. The number of aryl methyl sites for hydroxylation is 2. The lowest BCUT2D eigenvalue weighted by atomic mass is 10.2. The predicted octanol–water partition coefficient (Wildman–Crippen LogP) is 2.04. The Hall–Kier alpha value is -0.610. The van der Waals surface area contributed by atoms with Gasteiger partial charge in [0.05, 0.1) is 0 Å². The van der Waals surface area contributed by atoms with Gasteiger partial charge < -0.3 is 5.32 Å². The molecule has 0 aromatic carbocycles. The van der Waals surface area contributed by atoms with Crippen LogP contribution in [0.4, 0.5) is 0 Å². The number of aromatic nitrogens is 2. The second-order valence-corrected chi connectivity index (χ2v) is 4.89. The molecule has 0 bridgehead atoms. The molecule has 0 fully saturated rings. The van der Waals surface area contributed by atoms with Gasteiger partial charge in [-0.2, -0.15) is 0 Å². The van der Waals surface area contributed by atoms with Gasteiger partial charge >= 0.3 is 0 Å². The third-order valence-corrected chi connectivity index (χ3v) is 3.19. The second kappa shape index (κ2) is 6.08. The fourth-order valence-electron chi connectivity index (χ4n) is 1.38. The van der Waals surface area contributed by atoms with E-state index in [4.69, 9.17) is 0 Å². The lowest BCUT2D eigenvalue weighted by Crippen LogP contribution is -2.17. The number of hydrogen-bond donors (Lipinski definition) is 1. The standard InChI is InChI=1S/C11H19N3S/c1-8(6-12-4)7-15-11-13-9(2)5-10(3)14-11/h5,8,12H,6-7H2,1-4H3. The van der Waals surface area contributed by atoms with E-state index in [0.717, 1.165) is 28.8 Å². The van der Waals surface area contributed by atoms with Crippen molar-refractivity contribution in [3.05, 3.63) is 17.5 Å². The number of rotatable bonds is 5. The topological polar surface area (TPSA) is 37.8 Å². The number of thioether (sulfide) groups is 1. The quantitative estimate of drug-likeness (QED) is 0.615. The van der Waals surface area contributed by atoms with Gasteiger partial charge in [-0.15, -0.1) is 0 Å². The molecule has 0 saturated heterocycles. The number of hydrogen-bond acceptors (Lipinski definition) is 4. The molecule has 0 saturated carbocycles. The van der Waals surface area contributed by atoms with Crippen LogP contribution in [-0.4, -0.2) is 29.3 Å². The van der Waals surface area contributed by atoms with Gasteiger partial charge in [0.15, 0.2) is 5.16 Å². The lowest BCUT2D eigenvalue weighted by molar-refractivity contribution is 0.603. The first kappa shape index (κ1) is 12.5. The SMILES string of the molecule is CNCC(C)CSc1nc(C)cc(C)n1. The minimum atomic E-state index is 0.643. The number of nitrogens with one attached hydrogen (secondary N) is 1. The van der Waals surface area contributed by atoms with Crippen LogP contribution in [0.15, 0.2) is 11.2 Å². The lowest BCUT2D eigenvalue weighted by Gasteiger charge is -2.09. The molecule has 0 amide bonds. The first-order valence-electron chi connectivity index (χ1n) is 5.21. The average molecular weight is 225 g/mol. The monoisotopic (exact) mass is 225 g/mol. The zero-order chi connectivity index (χ0) is 11.3. The van der Waals surface area contributed by atoms with Crippen molar-refractivity contribution >= 4 is 11.8 Å².